The molecule has 0 aliphatic heterocycles. The standard InChI is InChI=1S/C19H22Cl2N4O2.HI/c1-22-19(25-12-13-3-6-15(27-2)7-4-13)24-10-9-23-18(26)14-5-8-16(20)17(21)11-14;/h3-8,11H,9-10,12H2,1-2H3,(H,23,26)(H2,22,24,25);1H. The van der Waals surface area contributed by atoms with E-state index in [1.165, 1.54) is 0 Å². The molecule has 2 aromatic rings. The summed E-state index contributed by atoms with van der Waals surface area (Å²) < 4.78 is 5.14. The van der Waals surface area contributed by atoms with Crippen LogP contribution in [0.2, 0.25) is 10.0 Å². The van der Waals surface area contributed by atoms with Crippen molar-refractivity contribution in [1.82, 2.24) is 16.0 Å². The van der Waals surface area contributed by atoms with Gasteiger partial charge in [-0.25, -0.2) is 0 Å². The summed E-state index contributed by atoms with van der Waals surface area (Å²) in [7, 11) is 3.33. The molecule has 3 N–H and O–H groups in total. The maximum atomic E-state index is 12.1. The largest absolute Gasteiger partial charge is 0.497 e. The molecule has 1 amide bonds. The van der Waals surface area contributed by atoms with Gasteiger partial charge in [0.1, 0.15) is 5.75 Å². The van der Waals surface area contributed by atoms with Gasteiger partial charge in [-0.3, -0.25) is 9.79 Å². The quantitative estimate of drug-likeness (QED) is 0.218. The third-order valence-electron chi connectivity index (χ3n) is 3.73. The van der Waals surface area contributed by atoms with Crippen molar-refractivity contribution in [2.75, 3.05) is 27.2 Å². The maximum absolute atomic E-state index is 12.1. The second kappa shape index (κ2) is 12.7. The van der Waals surface area contributed by atoms with Gasteiger partial charge in [0.25, 0.3) is 5.91 Å². The Kier molecular flexibility index (Phi) is 11.0. The van der Waals surface area contributed by atoms with E-state index >= 15 is 0 Å². The van der Waals surface area contributed by atoms with E-state index in [9.17, 15) is 4.79 Å². The number of methoxy groups -OCH3 is 1. The van der Waals surface area contributed by atoms with Crippen LogP contribution in [-0.4, -0.2) is 39.1 Å². The van der Waals surface area contributed by atoms with Gasteiger partial charge in [0.05, 0.1) is 17.2 Å². The first-order valence-corrected chi connectivity index (χ1v) is 9.09. The number of ether oxygens (including phenoxy) is 1. The molecule has 0 aliphatic rings. The topological polar surface area (TPSA) is 74.8 Å². The highest BCUT2D eigenvalue weighted by molar-refractivity contribution is 14.0. The van der Waals surface area contributed by atoms with Gasteiger partial charge < -0.3 is 20.7 Å². The molecule has 0 fully saturated rings. The van der Waals surface area contributed by atoms with Crippen molar-refractivity contribution in [1.29, 1.82) is 0 Å². The van der Waals surface area contributed by atoms with Crippen molar-refractivity contribution < 1.29 is 9.53 Å². The molecular weight excluding hydrogens is 514 g/mol. The molecule has 0 unspecified atom stereocenters. The molecule has 0 radical (unpaired) electrons. The number of nitrogens with zero attached hydrogens (tertiary/aromatic N) is 1. The van der Waals surface area contributed by atoms with Crippen LogP contribution in [0, 0.1) is 0 Å². The van der Waals surface area contributed by atoms with Gasteiger partial charge in [0.2, 0.25) is 0 Å². The number of nitrogens with one attached hydrogen (secondary N) is 3. The lowest BCUT2D eigenvalue weighted by atomic mass is 10.2. The fourth-order valence-electron chi connectivity index (χ4n) is 2.25. The minimum atomic E-state index is -0.212. The lowest BCUT2D eigenvalue weighted by Gasteiger charge is -2.13. The highest BCUT2D eigenvalue weighted by atomic mass is 127. The first-order valence-electron chi connectivity index (χ1n) is 8.34. The number of amides is 1. The molecule has 0 atom stereocenters. The number of hydrogen-bond acceptors (Lipinski definition) is 3. The summed E-state index contributed by atoms with van der Waals surface area (Å²) in [5.74, 6) is 1.25. The molecule has 0 aliphatic carbocycles. The lowest BCUT2D eigenvalue weighted by Crippen LogP contribution is -2.41. The Bertz CT molecular complexity index is 801. The zero-order valence-corrected chi connectivity index (χ0v) is 19.4. The Morgan fingerprint density at radius 2 is 1.68 bits per heavy atom. The van der Waals surface area contributed by atoms with Crippen LogP contribution in [0.15, 0.2) is 47.5 Å². The van der Waals surface area contributed by atoms with E-state index in [0.717, 1.165) is 11.3 Å². The van der Waals surface area contributed by atoms with Crippen LogP contribution in [0.5, 0.6) is 5.75 Å². The van der Waals surface area contributed by atoms with Gasteiger partial charge in [0.15, 0.2) is 5.96 Å². The predicted molar refractivity (Wildman–Crippen MR) is 125 cm³/mol. The zero-order valence-electron chi connectivity index (χ0n) is 15.6. The second-order valence-electron chi connectivity index (χ2n) is 5.59. The summed E-state index contributed by atoms with van der Waals surface area (Å²) in [5.41, 5.74) is 1.57. The highest BCUT2D eigenvalue weighted by Gasteiger charge is 2.07. The maximum Gasteiger partial charge on any atom is 0.251 e. The smallest absolute Gasteiger partial charge is 0.251 e. The lowest BCUT2D eigenvalue weighted by molar-refractivity contribution is 0.0954. The predicted octanol–water partition coefficient (Wildman–Crippen LogP) is 3.72. The van der Waals surface area contributed by atoms with Crippen molar-refractivity contribution in [3.8, 4) is 5.75 Å². The monoisotopic (exact) mass is 536 g/mol. The van der Waals surface area contributed by atoms with E-state index in [1.54, 1.807) is 32.4 Å². The van der Waals surface area contributed by atoms with Gasteiger partial charge >= 0.3 is 0 Å². The number of aliphatic imine (C=N–C) groups is 1. The average molecular weight is 537 g/mol. The molecule has 2 aromatic carbocycles. The Morgan fingerprint density at radius 3 is 2.29 bits per heavy atom. The van der Waals surface area contributed by atoms with Gasteiger partial charge in [-0.2, -0.15) is 0 Å². The first kappa shape index (κ1) is 24.3. The summed E-state index contributed by atoms with van der Waals surface area (Å²) in [6.07, 6.45) is 0. The van der Waals surface area contributed by atoms with E-state index in [2.05, 4.69) is 20.9 Å². The Hall–Kier alpha value is -1.71. The number of benzene rings is 2. The van der Waals surface area contributed by atoms with Crippen molar-refractivity contribution in [3.05, 3.63) is 63.6 Å². The number of hydrogen-bond donors (Lipinski definition) is 3. The van der Waals surface area contributed by atoms with E-state index in [-0.39, 0.29) is 29.9 Å². The molecule has 28 heavy (non-hydrogen) atoms. The SMILES string of the molecule is CN=C(NCCNC(=O)c1ccc(Cl)c(Cl)c1)NCc1ccc(OC)cc1.I. The van der Waals surface area contributed by atoms with Gasteiger partial charge in [-0.1, -0.05) is 35.3 Å². The van der Waals surface area contributed by atoms with E-state index < -0.39 is 0 Å². The Labute approximate surface area is 192 Å². The van der Waals surface area contributed by atoms with Crippen LogP contribution in [0.4, 0.5) is 0 Å². The number of carbonyl (C=O) groups excluding carboxylic acids is 1. The minimum absolute atomic E-state index is 0. The van der Waals surface area contributed by atoms with Crippen LogP contribution in [0.3, 0.4) is 0 Å². The third kappa shape index (κ3) is 7.73. The van der Waals surface area contributed by atoms with Crippen molar-refractivity contribution in [2.24, 2.45) is 4.99 Å². The molecule has 0 saturated heterocycles. The third-order valence-corrected chi connectivity index (χ3v) is 4.47. The number of halogens is 3. The fourth-order valence-corrected chi connectivity index (χ4v) is 2.54. The molecule has 0 heterocycles. The summed E-state index contributed by atoms with van der Waals surface area (Å²) in [6, 6.07) is 12.6. The Morgan fingerprint density at radius 1 is 1.00 bits per heavy atom. The highest BCUT2D eigenvalue weighted by Crippen LogP contribution is 2.22. The van der Waals surface area contributed by atoms with Crippen LogP contribution in [0.25, 0.3) is 0 Å². The van der Waals surface area contributed by atoms with E-state index in [0.29, 0.717) is 41.2 Å². The van der Waals surface area contributed by atoms with Gasteiger partial charge in [-0.15, -0.1) is 24.0 Å². The molecular formula is C19H23Cl2IN4O2. The minimum Gasteiger partial charge on any atom is -0.497 e. The molecule has 9 heteroatoms. The number of carbonyl (C=O) groups is 1. The summed E-state index contributed by atoms with van der Waals surface area (Å²) in [4.78, 5) is 16.2. The average Bonchev–Trinajstić information content (AvgIpc) is 2.69. The van der Waals surface area contributed by atoms with Crippen LogP contribution < -0.4 is 20.7 Å². The molecule has 6 nitrogen and oxygen atoms in total. The Balaban J connectivity index is 0.00000392. The van der Waals surface area contributed by atoms with Crippen LogP contribution in [-0.2, 0) is 6.54 Å². The number of rotatable bonds is 7. The summed E-state index contributed by atoms with van der Waals surface area (Å²) in [5, 5.41) is 9.93. The summed E-state index contributed by atoms with van der Waals surface area (Å²) in [6.45, 7) is 1.58. The molecule has 0 saturated carbocycles. The van der Waals surface area contributed by atoms with Crippen molar-refractivity contribution in [3.63, 3.8) is 0 Å². The van der Waals surface area contributed by atoms with Gasteiger partial charge in [-0.05, 0) is 35.9 Å². The number of guanidine groups is 1. The molecule has 0 spiro atoms. The first-order chi connectivity index (χ1) is 13.0. The van der Waals surface area contributed by atoms with Gasteiger partial charge in [0, 0.05) is 32.2 Å². The molecule has 2 rings (SSSR count). The molecule has 152 valence electrons. The van der Waals surface area contributed by atoms with Crippen molar-refractivity contribution in [2.45, 2.75) is 6.54 Å². The second-order valence-corrected chi connectivity index (χ2v) is 6.40. The fraction of sp³-hybridized carbons (Fsp3) is 0.263. The zero-order chi connectivity index (χ0) is 19.6. The van der Waals surface area contributed by atoms with Crippen molar-refractivity contribution >= 4 is 59.0 Å². The van der Waals surface area contributed by atoms with E-state index in [1.807, 2.05) is 24.3 Å². The van der Waals surface area contributed by atoms with Crippen LogP contribution in [0.1, 0.15) is 15.9 Å². The molecule has 0 aromatic heterocycles. The normalized spacial score (nSPS) is 10.6. The van der Waals surface area contributed by atoms with Crippen LogP contribution >= 0.6 is 47.2 Å². The van der Waals surface area contributed by atoms with E-state index in [4.69, 9.17) is 27.9 Å². The molecule has 0 bridgehead atoms. The summed E-state index contributed by atoms with van der Waals surface area (Å²) >= 11 is 11.8.